The molecule has 1 nitrogen and oxygen atoms in total. The Kier molecular flexibility index (Phi) is 4.56. The molecule has 0 atom stereocenters. The van der Waals surface area contributed by atoms with Gasteiger partial charge in [-0.15, -0.1) is 0 Å². The van der Waals surface area contributed by atoms with Gasteiger partial charge in [0, 0.05) is 17.3 Å². The van der Waals surface area contributed by atoms with Crippen molar-refractivity contribution in [1.82, 2.24) is 0 Å². The van der Waals surface area contributed by atoms with Gasteiger partial charge >= 0.3 is 0 Å². The number of benzene rings is 2. The Bertz CT molecular complexity index is 585. The zero-order valence-electron chi connectivity index (χ0n) is 12.6. The van der Waals surface area contributed by atoms with Crippen molar-refractivity contribution in [2.75, 3.05) is 5.32 Å². The van der Waals surface area contributed by atoms with Crippen LogP contribution in [0.4, 0.5) is 5.69 Å². The number of hydrogen-bond donors (Lipinski definition) is 1. The van der Waals surface area contributed by atoms with Crippen LogP contribution in [0.2, 0.25) is 24.7 Å². The highest BCUT2D eigenvalue weighted by molar-refractivity contribution is 6.88. The molecule has 0 heterocycles. The van der Waals surface area contributed by atoms with Gasteiger partial charge < -0.3 is 5.32 Å². The van der Waals surface area contributed by atoms with Crippen LogP contribution in [0.1, 0.15) is 11.1 Å². The lowest BCUT2D eigenvalue weighted by Crippen LogP contribution is -2.37. The summed E-state index contributed by atoms with van der Waals surface area (Å²) >= 11 is 6.13. The lowest BCUT2D eigenvalue weighted by atomic mass is 10.2. The van der Waals surface area contributed by atoms with Gasteiger partial charge in [-0.3, -0.25) is 0 Å². The lowest BCUT2D eigenvalue weighted by Gasteiger charge is -2.17. The Balaban J connectivity index is 2.02. The molecular weight excluding hydrogens is 282 g/mol. The van der Waals surface area contributed by atoms with E-state index in [-0.39, 0.29) is 0 Å². The second-order valence-electron chi connectivity index (χ2n) is 6.26. The smallest absolute Gasteiger partial charge is 0.0775 e. The van der Waals surface area contributed by atoms with Crippen molar-refractivity contribution < 1.29 is 0 Å². The summed E-state index contributed by atoms with van der Waals surface area (Å²) in [4.78, 5) is 0. The summed E-state index contributed by atoms with van der Waals surface area (Å²) in [5.74, 6) is 0. The molecule has 2 aromatic rings. The summed E-state index contributed by atoms with van der Waals surface area (Å²) in [5, 5.41) is 5.72. The maximum atomic E-state index is 6.13. The van der Waals surface area contributed by atoms with Crippen LogP contribution in [0.15, 0.2) is 42.5 Å². The Morgan fingerprint density at radius 1 is 1.00 bits per heavy atom. The molecule has 0 saturated carbocycles. The first-order valence-corrected chi connectivity index (χ1v) is 10.8. The van der Waals surface area contributed by atoms with E-state index in [0.29, 0.717) is 0 Å². The first-order valence-electron chi connectivity index (χ1n) is 6.96. The van der Waals surface area contributed by atoms with E-state index in [2.05, 4.69) is 55.3 Å². The third kappa shape index (κ3) is 3.87. The highest BCUT2D eigenvalue weighted by Gasteiger charge is 2.15. The Hall–Kier alpha value is -1.25. The molecule has 0 aliphatic carbocycles. The average molecular weight is 304 g/mol. The summed E-state index contributed by atoms with van der Waals surface area (Å²) < 4.78 is 0. The summed E-state index contributed by atoms with van der Waals surface area (Å²) in [7, 11) is -1.19. The van der Waals surface area contributed by atoms with Crippen molar-refractivity contribution in [1.29, 1.82) is 0 Å². The van der Waals surface area contributed by atoms with Gasteiger partial charge in [0.15, 0.2) is 0 Å². The van der Waals surface area contributed by atoms with Crippen molar-refractivity contribution >= 4 is 30.5 Å². The molecule has 0 aromatic heterocycles. The maximum absolute atomic E-state index is 6.13. The monoisotopic (exact) mass is 303 g/mol. The van der Waals surface area contributed by atoms with E-state index < -0.39 is 8.07 Å². The molecule has 0 fully saturated rings. The highest BCUT2D eigenvalue weighted by atomic mass is 35.5. The average Bonchev–Trinajstić information content (AvgIpc) is 2.40. The second kappa shape index (κ2) is 6.02. The maximum Gasteiger partial charge on any atom is 0.0775 e. The van der Waals surface area contributed by atoms with Crippen LogP contribution in [0.25, 0.3) is 0 Å². The van der Waals surface area contributed by atoms with E-state index in [4.69, 9.17) is 11.6 Å². The molecule has 0 aliphatic heterocycles. The normalized spacial score (nSPS) is 11.4. The lowest BCUT2D eigenvalue weighted by molar-refractivity contribution is 1.15. The molecule has 0 amide bonds. The van der Waals surface area contributed by atoms with E-state index in [1.807, 2.05) is 19.1 Å². The molecule has 2 rings (SSSR count). The molecule has 1 N–H and O–H groups in total. The van der Waals surface area contributed by atoms with Crippen LogP contribution >= 0.6 is 11.6 Å². The van der Waals surface area contributed by atoms with Crippen molar-refractivity contribution in [2.45, 2.75) is 33.1 Å². The fourth-order valence-electron chi connectivity index (χ4n) is 2.03. The van der Waals surface area contributed by atoms with Crippen LogP contribution in [-0.4, -0.2) is 8.07 Å². The fourth-order valence-corrected chi connectivity index (χ4v) is 3.38. The van der Waals surface area contributed by atoms with Crippen molar-refractivity contribution in [2.24, 2.45) is 0 Å². The second-order valence-corrected chi connectivity index (χ2v) is 11.7. The fraction of sp³-hybridized carbons (Fsp3) is 0.294. The Morgan fingerprint density at radius 2 is 1.65 bits per heavy atom. The molecule has 0 radical (unpaired) electrons. The number of hydrogen-bond acceptors (Lipinski definition) is 1. The van der Waals surface area contributed by atoms with Crippen LogP contribution in [0, 0.1) is 6.92 Å². The van der Waals surface area contributed by atoms with E-state index in [1.165, 1.54) is 10.8 Å². The molecule has 0 spiro atoms. The minimum absolute atomic E-state index is 0.809. The molecule has 0 bridgehead atoms. The first-order chi connectivity index (χ1) is 9.36. The van der Waals surface area contributed by atoms with Gasteiger partial charge in [-0.25, -0.2) is 0 Å². The third-order valence-electron chi connectivity index (χ3n) is 3.49. The SMILES string of the molecule is Cc1ccc(NCc2ccc([Si](C)(C)C)cc2)cc1Cl. The molecule has 3 heteroatoms. The molecule has 0 unspecified atom stereocenters. The van der Waals surface area contributed by atoms with E-state index in [1.54, 1.807) is 0 Å². The van der Waals surface area contributed by atoms with E-state index >= 15 is 0 Å². The van der Waals surface area contributed by atoms with Gasteiger partial charge in [-0.1, -0.05) is 66.8 Å². The number of nitrogens with one attached hydrogen (secondary N) is 1. The molecule has 106 valence electrons. The van der Waals surface area contributed by atoms with Gasteiger partial charge in [-0.05, 0) is 30.2 Å². The van der Waals surface area contributed by atoms with E-state index in [0.717, 1.165) is 22.8 Å². The summed E-state index contributed by atoms with van der Waals surface area (Å²) in [6.07, 6.45) is 0. The summed E-state index contributed by atoms with van der Waals surface area (Å²) in [5.41, 5.74) is 3.47. The Labute approximate surface area is 128 Å². The van der Waals surface area contributed by atoms with Crippen LogP contribution in [-0.2, 0) is 6.54 Å². The third-order valence-corrected chi connectivity index (χ3v) is 5.96. The van der Waals surface area contributed by atoms with Gasteiger partial charge in [0.2, 0.25) is 0 Å². The highest BCUT2D eigenvalue weighted by Crippen LogP contribution is 2.20. The van der Waals surface area contributed by atoms with Gasteiger partial charge in [0.05, 0.1) is 8.07 Å². The minimum Gasteiger partial charge on any atom is -0.381 e. The summed E-state index contributed by atoms with van der Waals surface area (Å²) in [6.45, 7) is 9.95. The standard InChI is InChI=1S/C17H22ClNSi/c1-13-5-8-15(11-17(13)18)19-12-14-6-9-16(10-7-14)20(2,3)4/h5-11,19H,12H2,1-4H3. The Morgan fingerprint density at radius 3 is 2.20 bits per heavy atom. The molecule has 0 aliphatic rings. The van der Waals surface area contributed by atoms with Crippen LogP contribution in [0.5, 0.6) is 0 Å². The van der Waals surface area contributed by atoms with Crippen molar-refractivity contribution in [3.05, 3.63) is 58.6 Å². The zero-order valence-corrected chi connectivity index (χ0v) is 14.4. The van der Waals surface area contributed by atoms with Crippen LogP contribution in [0.3, 0.4) is 0 Å². The van der Waals surface area contributed by atoms with E-state index in [9.17, 15) is 0 Å². The largest absolute Gasteiger partial charge is 0.381 e. The number of aryl methyl sites for hydroxylation is 1. The number of halogens is 1. The topological polar surface area (TPSA) is 12.0 Å². The summed E-state index contributed by atoms with van der Waals surface area (Å²) in [6, 6.07) is 15.1. The number of rotatable bonds is 4. The zero-order chi connectivity index (χ0) is 14.8. The quantitative estimate of drug-likeness (QED) is 0.800. The predicted octanol–water partition coefficient (Wildman–Crippen LogP) is 4.81. The molecular formula is C17H22ClNSi. The van der Waals surface area contributed by atoms with Crippen LogP contribution < -0.4 is 10.5 Å². The number of anilines is 1. The van der Waals surface area contributed by atoms with Gasteiger partial charge in [0.1, 0.15) is 0 Å². The minimum atomic E-state index is -1.19. The first kappa shape index (κ1) is 15.1. The van der Waals surface area contributed by atoms with Crippen molar-refractivity contribution in [3.8, 4) is 0 Å². The van der Waals surface area contributed by atoms with Gasteiger partial charge in [0.25, 0.3) is 0 Å². The molecule has 20 heavy (non-hydrogen) atoms. The van der Waals surface area contributed by atoms with Gasteiger partial charge in [-0.2, -0.15) is 0 Å². The van der Waals surface area contributed by atoms with Crippen molar-refractivity contribution in [3.63, 3.8) is 0 Å². The predicted molar refractivity (Wildman–Crippen MR) is 92.9 cm³/mol. The molecule has 2 aromatic carbocycles. The molecule has 0 saturated heterocycles.